The van der Waals surface area contributed by atoms with E-state index in [0.29, 0.717) is 5.69 Å². The van der Waals surface area contributed by atoms with Crippen LogP contribution < -0.4 is 11.1 Å². The van der Waals surface area contributed by atoms with Gasteiger partial charge in [-0.05, 0) is 52.7 Å². The predicted octanol–water partition coefficient (Wildman–Crippen LogP) is 4.41. The molecule has 2 rings (SSSR count). The summed E-state index contributed by atoms with van der Waals surface area (Å²) in [6.45, 7) is 1.91. The van der Waals surface area contributed by atoms with E-state index >= 15 is 0 Å². The normalized spacial score (nSPS) is 10.4. The van der Waals surface area contributed by atoms with Crippen molar-refractivity contribution in [3.05, 3.63) is 57.6 Å². The van der Waals surface area contributed by atoms with E-state index in [1.165, 1.54) is 12.1 Å². The lowest BCUT2D eigenvalue weighted by Crippen LogP contribution is -2.13. The van der Waals surface area contributed by atoms with Crippen LogP contribution in [0.2, 0.25) is 0 Å². The van der Waals surface area contributed by atoms with E-state index in [4.69, 9.17) is 5.73 Å². The van der Waals surface area contributed by atoms with Crippen LogP contribution in [0, 0.1) is 18.6 Å². The minimum atomic E-state index is -1.05. The number of aryl methyl sites for hydroxylation is 1. The molecule has 2 nitrogen and oxygen atoms in total. The van der Waals surface area contributed by atoms with Gasteiger partial charge in [-0.25, -0.2) is 8.78 Å². The molecule has 0 heterocycles. The summed E-state index contributed by atoms with van der Waals surface area (Å²) < 4.78 is 28.5. The van der Waals surface area contributed by atoms with Gasteiger partial charge in [0.25, 0.3) is 0 Å². The number of anilines is 2. The lowest BCUT2D eigenvalue weighted by molar-refractivity contribution is 0.510. The summed E-state index contributed by atoms with van der Waals surface area (Å²) >= 11 is 8.01. The third-order valence-electron chi connectivity index (χ3n) is 2.74. The van der Waals surface area contributed by atoms with Crippen molar-refractivity contribution in [2.45, 2.75) is 6.92 Å². The monoisotopic (exact) mass is 356 g/mol. The summed E-state index contributed by atoms with van der Waals surface area (Å²) in [6.07, 6.45) is 0. The predicted molar refractivity (Wildman–Crippen MR) is 84.4 cm³/mol. The highest BCUT2D eigenvalue weighted by atomic mass is 79.9. The van der Waals surface area contributed by atoms with Gasteiger partial charge in [0.05, 0.1) is 11.4 Å². The number of nitrogens with one attached hydrogen (secondary N) is 1. The van der Waals surface area contributed by atoms with E-state index in [1.807, 2.05) is 25.1 Å². The highest BCUT2D eigenvalue weighted by Gasteiger charge is 2.15. The summed E-state index contributed by atoms with van der Waals surface area (Å²) in [5.41, 5.74) is 6.89. The standard InChI is InChI=1S/C14H11BrF2N2S/c1-7-2-4-9(15)11(6-7)19-10-5-3-8(14(18)20)12(16)13(10)17/h2-6,19H,1H3,(H2,18,20). The Morgan fingerprint density at radius 2 is 1.85 bits per heavy atom. The Kier molecular flexibility index (Phi) is 4.35. The SMILES string of the molecule is Cc1ccc(Br)c(Nc2ccc(C(N)=S)c(F)c2F)c1. The fourth-order valence-electron chi connectivity index (χ4n) is 1.72. The minimum Gasteiger partial charge on any atom is -0.389 e. The summed E-state index contributed by atoms with van der Waals surface area (Å²) in [5, 5.41) is 2.84. The van der Waals surface area contributed by atoms with Crippen molar-refractivity contribution >= 4 is 44.5 Å². The van der Waals surface area contributed by atoms with Gasteiger partial charge in [-0.3, -0.25) is 0 Å². The summed E-state index contributed by atoms with van der Waals surface area (Å²) in [7, 11) is 0. The Morgan fingerprint density at radius 3 is 2.50 bits per heavy atom. The van der Waals surface area contributed by atoms with Gasteiger partial charge < -0.3 is 11.1 Å². The Hall–Kier alpha value is -1.53. The number of hydrogen-bond acceptors (Lipinski definition) is 2. The molecule has 3 N–H and O–H groups in total. The largest absolute Gasteiger partial charge is 0.389 e. The molecular formula is C14H11BrF2N2S. The number of hydrogen-bond donors (Lipinski definition) is 2. The van der Waals surface area contributed by atoms with Crippen molar-refractivity contribution in [1.29, 1.82) is 0 Å². The van der Waals surface area contributed by atoms with E-state index in [9.17, 15) is 8.78 Å². The van der Waals surface area contributed by atoms with E-state index in [0.717, 1.165) is 10.0 Å². The van der Waals surface area contributed by atoms with Crippen LogP contribution in [0.1, 0.15) is 11.1 Å². The van der Waals surface area contributed by atoms with Gasteiger partial charge >= 0.3 is 0 Å². The average molecular weight is 357 g/mol. The lowest BCUT2D eigenvalue weighted by Gasteiger charge is -2.12. The first kappa shape index (κ1) is 14.9. The van der Waals surface area contributed by atoms with Gasteiger partial charge in [-0.15, -0.1) is 0 Å². The van der Waals surface area contributed by atoms with Gasteiger partial charge in [-0.2, -0.15) is 0 Å². The van der Waals surface area contributed by atoms with E-state index in [2.05, 4.69) is 33.5 Å². The highest BCUT2D eigenvalue weighted by molar-refractivity contribution is 9.10. The summed E-state index contributed by atoms with van der Waals surface area (Å²) in [4.78, 5) is -0.176. The number of rotatable bonds is 3. The van der Waals surface area contributed by atoms with Gasteiger partial charge in [0.1, 0.15) is 4.99 Å². The third-order valence-corrected chi connectivity index (χ3v) is 3.65. The van der Waals surface area contributed by atoms with Crippen molar-refractivity contribution in [3.63, 3.8) is 0 Å². The fraction of sp³-hybridized carbons (Fsp3) is 0.0714. The molecule has 0 spiro atoms. The summed E-state index contributed by atoms with van der Waals surface area (Å²) in [6, 6.07) is 8.31. The molecule has 0 atom stereocenters. The number of thiocarbonyl (C=S) groups is 1. The van der Waals surface area contributed by atoms with Crippen LogP contribution in [0.4, 0.5) is 20.2 Å². The van der Waals surface area contributed by atoms with Crippen molar-refractivity contribution in [2.24, 2.45) is 5.73 Å². The van der Waals surface area contributed by atoms with Crippen LogP contribution in [0.3, 0.4) is 0 Å². The molecule has 0 unspecified atom stereocenters. The van der Waals surface area contributed by atoms with Crippen LogP contribution in [-0.4, -0.2) is 4.99 Å². The maximum Gasteiger partial charge on any atom is 0.182 e. The second kappa shape index (κ2) is 5.85. The van der Waals surface area contributed by atoms with Gasteiger partial charge in [0.15, 0.2) is 11.6 Å². The Bertz CT molecular complexity index is 689. The van der Waals surface area contributed by atoms with Crippen molar-refractivity contribution < 1.29 is 8.78 Å². The van der Waals surface area contributed by atoms with Crippen molar-refractivity contribution in [3.8, 4) is 0 Å². The van der Waals surface area contributed by atoms with E-state index in [-0.39, 0.29) is 16.2 Å². The molecule has 0 aliphatic rings. The Morgan fingerprint density at radius 1 is 1.15 bits per heavy atom. The maximum atomic E-state index is 14.0. The van der Waals surface area contributed by atoms with Gasteiger partial charge in [0, 0.05) is 10.0 Å². The fourth-order valence-corrected chi connectivity index (χ4v) is 2.22. The molecule has 0 bridgehead atoms. The zero-order valence-electron chi connectivity index (χ0n) is 10.5. The Labute approximate surface area is 129 Å². The number of nitrogens with two attached hydrogens (primary N) is 1. The second-order valence-corrected chi connectivity index (χ2v) is 5.56. The highest BCUT2D eigenvalue weighted by Crippen LogP contribution is 2.29. The molecule has 20 heavy (non-hydrogen) atoms. The van der Waals surface area contributed by atoms with Gasteiger partial charge in [0.2, 0.25) is 0 Å². The van der Waals surface area contributed by atoms with Crippen molar-refractivity contribution in [2.75, 3.05) is 5.32 Å². The first-order chi connectivity index (χ1) is 9.40. The molecule has 0 amide bonds. The molecule has 2 aromatic carbocycles. The zero-order chi connectivity index (χ0) is 14.9. The molecule has 0 fully saturated rings. The van der Waals surface area contributed by atoms with Crippen LogP contribution in [0.5, 0.6) is 0 Å². The first-order valence-electron chi connectivity index (χ1n) is 5.71. The smallest absolute Gasteiger partial charge is 0.182 e. The topological polar surface area (TPSA) is 38.0 Å². The average Bonchev–Trinajstić information content (AvgIpc) is 2.39. The second-order valence-electron chi connectivity index (χ2n) is 4.26. The molecular weight excluding hydrogens is 346 g/mol. The van der Waals surface area contributed by atoms with Gasteiger partial charge in [-0.1, -0.05) is 18.3 Å². The molecule has 104 valence electrons. The van der Waals surface area contributed by atoms with Crippen molar-refractivity contribution in [1.82, 2.24) is 0 Å². The lowest BCUT2D eigenvalue weighted by atomic mass is 10.1. The number of benzene rings is 2. The van der Waals surface area contributed by atoms with Crippen LogP contribution in [-0.2, 0) is 0 Å². The third kappa shape index (κ3) is 2.96. The minimum absolute atomic E-state index is 0.0220. The van der Waals surface area contributed by atoms with Crippen LogP contribution in [0.25, 0.3) is 0 Å². The van der Waals surface area contributed by atoms with E-state index in [1.54, 1.807) is 0 Å². The zero-order valence-corrected chi connectivity index (χ0v) is 12.9. The number of halogens is 3. The molecule has 0 radical (unpaired) electrons. The van der Waals surface area contributed by atoms with Crippen LogP contribution >= 0.6 is 28.1 Å². The van der Waals surface area contributed by atoms with E-state index < -0.39 is 11.6 Å². The molecule has 0 aliphatic heterocycles. The Balaban J connectivity index is 2.42. The molecule has 2 aromatic rings. The molecule has 0 saturated heterocycles. The summed E-state index contributed by atoms with van der Waals surface area (Å²) in [5.74, 6) is -2.06. The molecule has 0 saturated carbocycles. The first-order valence-corrected chi connectivity index (χ1v) is 6.91. The maximum absolute atomic E-state index is 14.0. The molecule has 0 aliphatic carbocycles. The molecule has 6 heteroatoms. The quantitative estimate of drug-likeness (QED) is 0.799. The van der Waals surface area contributed by atoms with Crippen LogP contribution in [0.15, 0.2) is 34.8 Å². The molecule has 0 aromatic heterocycles.